The van der Waals surface area contributed by atoms with E-state index < -0.39 is 5.60 Å². The molecule has 4 rings (SSSR count). The van der Waals surface area contributed by atoms with Crippen LogP contribution in [0.25, 0.3) is 0 Å². The first-order chi connectivity index (χ1) is 15.7. The minimum Gasteiger partial charge on any atom is -0.473 e. The number of ketones is 1. The molecule has 0 atom stereocenters. The number of rotatable bonds is 6. The van der Waals surface area contributed by atoms with E-state index in [9.17, 15) is 9.59 Å². The van der Waals surface area contributed by atoms with Crippen LogP contribution in [0.5, 0.6) is 5.88 Å². The Morgan fingerprint density at radius 1 is 1.06 bits per heavy atom. The Hall–Kier alpha value is -2.89. The molecular weight excluding hydrogens is 416 g/mol. The number of likely N-dealkylation sites (tertiary alicyclic amines) is 1. The molecule has 2 aromatic rings. The normalized spacial score (nSPS) is 17.0. The van der Waals surface area contributed by atoms with Crippen LogP contribution in [0.1, 0.15) is 79.6 Å². The number of carbonyl (C=O) groups excluding carboxylic acids is 2. The molecule has 0 unspecified atom stereocenters. The monoisotopic (exact) mass is 450 g/mol. The molecule has 6 heteroatoms. The standard InChI is InChI=1S/C27H34N2O4/c1-18-16-21(25(30)20-8-9-20)10-11-22(18)17-32-24-7-5-6-23(28-24)19-12-14-29(15-13-19)26(31)33-27(2,3)4/h5-7,10-11,16,19-20H,8-9,12-15,17H2,1-4H3. The summed E-state index contributed by atoms with van der Waals surface area (Å²) in [5, 5.41) is 0. The van der Waals surface area contributed by atoms with Crippen LogP contribution >= 0.6 is 0 Å². The van der Waals surface area contributed by atoms with E-state index in [1.165, 1.54) is 0 Å². The highest BCUT2D eigenvalue weighted by molar-refractivity contribution is 5.99. The quantitative estimate of drug-likeness (QED) is 0.530. The van der Waals surface area contributed by atoms with Gasteiger partial charge in [0.2, 0.25) is 5.88 Å². The van der Waals surface area contributed by atoms with Crippen molar-refractivity contribution < 1.29 is 19.1 Å². The lowest BCUT2D eigenvalue weighted by atomic mass is 9.93. The fourth-order valence-electron chi connectivity index (χ4n) is 4.17. The number of hydrogen-bond acceptors (Lipinski definition) is 5. The van der Waals surface area contributed by atoms with Gasteiger partial charge in [-0.1, -0.05) is 18.2 Å². The van der Waals surface area contributed by atoms with Gasteiger partial charge in [-0.2, -0.15) is 0 Å². The fraction of sp³-hybridized carbons (Fsp3) is 0.519. The van der Waals surface area contributed by atoms with Crippen molar-refractivity contribution in [2.75, 3.05) is 13.1 Å². The van der Waals surface area contributed by atoms with Gasteiger partial charge < -0.3 is 14.4 Å². The third-order valence-electron chi connectivity index (χ3n) is 6.26. The molecule has 1 amide bonds. The maximum atomic E-state index is 12.3. The lowest BCUT2D eigenvalue weighted by molar-refractivity contribution is 0.0203. The topological polar surface area (TPSA) is 68.7 Å². The number of piperidine rings is 1. The third-order valence-corrected chi connectivity index (χ3v) is 6.26. The van der Waals surface area contributed by atoms with Crippen LogP contribution < -0.4 is 4.74 Å². The number of aryl methyl sites for hydroxylation is 1. The predicted octanol–water partition coefficient (Wildman–Crippen LogP) is 5.68. The number of benzene rings is 1. The fourth-order valence-corrected chi connectivity index (χ4v) is 4.17. The Morgan fingerprint density at radius 3 is 2.42 bits per heavy atom. The Labute approximate surface area is 196 Å². The molecule has 1 saturated heterocycles. The minimum absolute atomic E-state index is 0.231. The van der Waals surface area contributed by atoms with Crippen molar-refractivity contribution in [1.82, 2.24) is 9.88 Å². The summed E-state index contributed by atoms with van der Waals surface area (Å²) in [5.74, 6) is 1.38. The van der Waals surface area contributed by atoms with Gasteiger partial charge in [0.05, 0.1) is 0 Å². The van der Waals surface area contributed by atoms with Gasteiger partial charge in [-0.25, -0.2) is 9.78 Å². The zero-order valence-corrected chi connectivity index (χ0v) is 20.1. The van der Waals surface area contributed by atoms with E-state index in [2.05, 4.69) is 0 Å². The van der Waals surface area contributed by atoms with Crippen molar-refractivity contribution in [1.29, 1.82) is 0 Å². The second kappa shape index (κ2) is 9.54. The summed E-state index contributed by atoms with van der Waals surface area (Å²) in [4.78, 5) is 31.1. The maximum absolute atomic E-state index is 12.3. The zero-order valence-electron chi connectivity index (χ0n) is 20.1. The molecular formula is C27H34N2O4. The predicted molar refractivity (Wildman–Crippen MR) is 127 cm³/mol. The second-order valence-corrected chi connectivity index (χ2v) is 10.2. The highest BCUT2D eigenvalue weighted by atomic mass is 16.6. The van der Waals surface area contributed by atoms with Gasteiger partial charge >= 0.3 is 6.09 Å². The SMILES string of the molecule is Cc1cc(C(=O)C2CC2)ccc1COc1cccc(C2CCN(C(=O)OC(C)(C)C)CC2)n1. The smallest absolute Gasteiger partial charge is 0.410 e. The highest BCUT2D eigenvalue weighted by Crippen LogP contribution is 2.33. The molecule has 0 radical (unpaired) electrons. The van der Waals surface area contributed by atoms with Crippen LogP contribution in [-0.2, 0) is 11.3 Å². The molecule has 176 valence electrons. The van der Waals surface area contributed by atoms with E-state index in [4.69, 9.17) is 14.5 Å². The lowest BCUT2D eigenvalue weighted by Gasteiger charge is -2.33. The van der Waals surface area contributed by atoms with Gasteiger partial charge in [0.25, 0.3) is 0 Å². The number of carbonyl (C=O) groups is 2. The molecule has 0 bridgehead atoms. The van der Waals surface area contributed by atoms with Gasteiger partial charge in [0.15, 0.2) is 5.78 Å². The van der Waals surface area contributed by atoms with Crippen molar-refractivity contribution in [3.05, 3.63) is 58.8 Å². The molecule has 1 aliphatic heterocycles. The first-order valence-corrected chi connectivity index (χ1v) is 11.9. The second-order valence-electron chi connectivity index (χ2n) is 10.2. The highest BCUT2D eigenvalue weighted by Gasteiger charge is 2.30. The van der Waals surface area contributed by atoms with Crippen molar-refractivity contribution in [3.63, 3.8) is 0 Å². The Morgan fingerprint density at radius 2 is 1.79 bits per heavy atom. The Bertz CT molecular complexity index is 1020. The summed E-state index contributed by atoms with van der Waals surface area (Å²) in [6.45, 7) is 9.42. The average molecular weight is 451 g/mol. The summed E-state index contributed by atoms with van der Waals surface area (Å²) >= 11 is 0. The van der Waals surface area contributed by atoms with Crippen LogP contribution in [0, 0.1) is 12.8 Å². The largest absolute Gasteiger partial charge is 0.473 e. The summed E-state index contributed by atoms with van der Waals surface area (Å²) < 4.78 is 11.5. The number of nitrogens with zero attached hydrogens (tertiary/aromatic N) is 2. The van der Waals surface area contributed by atoms with E-state index in [0.717, 1.165) is 48.1 Å². The van der Waals surface area contributed by atoms with Crippen LogP contribution in [0.3, 0.4) is 0 Å². The summed E-state index contributed by atoms with van der Waals surface area (Å²) in [5.41, 5.74) is 3.44. The molecule has 0 spiro atoms. The Kier molecular flexibility index (Phi) is 6.73. The molecule has 1 aromatic heterocycles. The Balaban J connectivity index is 1.32. The summed E-state index contributed by atoms with van der Waals surface area (Å²) in [7, 11) is 0. The number of Topliss-reactive ketones (excluding diaryl/α,β-unsaturated/α-hetero) is 1. The molecule has 1 aromatic carbocycles. The number of ether oxygens (including phenoxy) is 2. The molecule has 33 heavy (non-hydrogen) atoms. The maximum Gasteiger partial charge on any atom is 0.410 e. The zero-order chi connectivity index (χ0) is 23.6. The molecule has 6 nitrogen and oxygen atoms in total. The van der Waals surface area contributed by atoms with E-state index in [1.807, 2.05) is 64.1 Å². The van der Waals surface area contributed by atoms with Crippen LogP contribution in [0.15, 0.2) is 36.4 Å². The van der Waals surface area contributed by atoms with E-state index >= 15 is 0 Å². The van der Waals surface area contributed by atoms with Crippen molar-refractivity contribution in [2.24, 2.45) is 5.92 Å². The van der Waals surface area contributed by atoms with E-state index in [0.29, 0.717) is 31.5 Å². The van der Waals surface area contributed by atoms with Crippen molar-refractivity contribution in [2.45, 2.75) is 71.5 Å². The van der Waals surface area contributed by atoms with Crippen LogP contribution in [0.4, 0.5) is 4.79 Å². The molecule has 2 heterocycles. The average Bonchev–Trinajstić information content (AvgIpc) is 3.62. The molecule has 1 saturated carbocycles. The summed E-state index contributed by atoms with van der Waals surface area (Å²) in [6, 6.07) is 11.8. The van der Waals surface area contributed by atoms with Crippen molar-refractivity contribution in [3.8, 4) is 5.88 Å². The first kappa shape index (κ1) is 23.3. The van der Waals surface area contributed by atoms with Gasteiger partial charge in [0, 0.05) is 42.2 Å². The molecule has 0 N–H and O–H groups in total. The van der Waals surface area contributed by atoms with E-state index in [-0.39, 0.29) is 17.8 Å². The van der Waals surface area contributed by atoms with Crippen LogP contribution in [-0.4, -0.2) is 40.5 Å². The third kappa shape index (κ3) is 6.12. The number of pyridine rings is 1. The number of aromatic nitrogens is 1. The van der Waals surface area contributed by atoms with E-state index in [1.54, 1.807) is 4.90 Å². The molecule has 2 fully saturated rings. The summed E-state index contributed by atoms with van der Waals surface area (Å²) in [6.07, 6.45) is 3.50. The van der Waals surface area contributed by atoms with Crippen molar-refractivity contribution >= 4 is 11.9 Å². The van der Waals surface area contributed by atoms with Crippen LogP contribution in [0.2, 0.25) is 0 Å². The molecule has 1 aliphatic carbocycles. The first-order valence-electron chi connectivity index (χ1n) is 11.9. The number of amides is 1. The van der Waals surface area contributed by atoms with Gasteiger partial charge in [-0.05, 0) is 76.6 Å². The molecule has 2 aliphatic rings. The minimum atomic E-state index is -0.480. The van der Waals surface area contributed by atoms with Gasteiger partial charge in [-0.3, -0.25) is 4.79 Å². The lowest BCUT2D eigenvalue weighted by Crippen LogP contribution is -2.41. The van der Waals surface area contributed by atoms with Gasteiger partial charge in [0.1, 0.15) is 12.2 Å². The number of hydrogen-bond donors (Lipinski definition) is 0. The van der Waals surface area contributed by atoms with Gasteiger partial charge in [-0.15, -0.1) is 0 Å².